The minimum atomic E-state index is -0.257. The van der Waals surface area contributed by atoms with Crippen LogP contribution in [0.4, 0.5) is 5.69 Å². The molecule has 1 heterocycles. The number of rotatable bonds is 6. The summed E-state index contributed by atoms with van der Waals surface area (Å²) in [6.07, 6.45) is 1.72. The van der Waals surface area contributed by atoms with Crippen molar-refractivity contribution in [1.29, 1.82) is 5.26 Å². The summed E-state index contributed by atoms with van der Waals surface area (Å²) in [7, 11) is 0. The predicted octanol–water partition coefficient (Wildman–Crippen LogP) is 1.28. The number of hydrogen-bond donors (Lipinski definition) is 2. The van der Waals surface area contributed by atoms with Crippen molar-refractivity contribution in [3.05, 3.63) is 41.9 Å². The standard InChI is InChI=1S/C14H14N6O2/c1-2-22-13(21)7-10-3-5-12(6-4-10)16-9-11(8-15)14-17-19-20-18-14/h3-6,9,16H,2,7H2,1H3,(H,17,18,19,20). The lowest BCUT2D eigenvalue weighted by molar-refractivity contribution is -0.142. The zero-order chi connectivity index (χ0) is 15.8. The second kappa shape index (κ2) is 7.54. The third kappa shape index (κ3) is 4.14. The predicted molar refractivity (Wildman–Crippen MR) is 78.2 cm³/mol. The molecule has 0 aliphatic heterocycles. The Balaban J connectivity index is 1.99. The van der Waals surface area contributed by atoms with E-state index in [4.69, 9.17) is 10.00 Å². The fourth-order valence-electron chi connectivity index (χ4n) is 1.68. The number of allylic oxidation sites excluding steroid dienone is 1. The van der Waals surface area contributed by atoms with E-state index in [0.717, 1.165) is 11.3 Å². The lowest BCUT2D eigenvalue weighted by atomic mass is 10.1. The fraction of sp³-hybridized carbons (Fsp3) is 0.214. The Bertz CT molecular complexity index is 685. The zero-order valence-corrected chi connectivity index (χ0v) is 11.9. The Kier molecular flexibility index (Phi) is 5.20. The van der Waals surface area contributed by atoms with E-state index >= 15 is 0 Å². The van der Waals surface area contributed by atoms with Gasteiger partial charge in [0.1, 0.15) is 11.6 Å². The minimum absolute atomic E-state index is 0.217. The SMILES string of the molecule is CCOC(=O)Cc1ccc(NC=C(C#N)c2nn[nH]n2)cc1. The van der Waals surface area contributed by atoms with Crippen molar-refractivity contribution < 1.29 is 9.53 Å². The maximum atomic E-state index is 11.4. The summed E-state index contributed by atoms with van der Waals surface area (Å²) < 4.78 is 4.89. The normalized spacial score (nSPS) is 10.8. The van der Waals surface area contributed by atoms with Gasteiger partial charge >= 0.3 is 5.97 Å². The van der Waals surface area contributed by atoms with Crippen molar-refractivity contribution >= 4 is 17.2 Å². The molecule has 0 spiro atoms. The smallest absolute Gasteiger partial charge is 0.310 e. The van der Waals surface area contributed by atoms with Crippen LogP contribution in [-0.4, -0.2) is 33.2 Å². The van der Waals surface area contributed by atoms with Crippen molar-refractivity contribution in [3.8, 4) is 6.07 Å². The quantitative estimate of drug-likeness (QED) is 0.609. The van der Waals surface area contributed by atoms with Gasteiger partial charge in [0.05, 0.1) is 13.0 Å². The molecule has 112 valence electrons. The van der Waals surface area contributed by atoms with Crippen molar-refractivity contribution in [2.45, 2.75) is 13.3 Å². The summed E-state index contributed by atoms with van der Waals surface area (Å²) in [5, 5.41) is 25.2. The summed E-state index contributed by atoms with van der Waals surface area (Å²) in [5.74, 6) is -0.0408. The minimum Gasteiger partial charge on any atom is -0.466 e. The molecule has 2 N–H and O–H groups in total. The van der Waals surface area contributed by atoms with E-state index in [1.54, 1.807) is 19.1 Å². The van der Waals surface area contributed by atoms with Gasteiger partial charge in [-0.15, -0.1) is 10.2 Å². The highest BCUT2D eigenvalue weighted by Crippen LogP contribution is 2.12. The Hall–Kier alpha value is -3.21. The summed E-state index contributed by atoms with van der Waals surface area (Å²) in [4.78, 5) is 11.4. The molecule has 0 bridgehead atoms. The monoisotopic (exact) mass is 298 g/mol. The highest BCUT2D eigenvalue weighted by atomic mass is 16.5. The number of carbonyl (C=O) groups excluding carboxylic acids is 1. The number of tetrazole rings is 1. The van der Waals surface area contributed by atoms with E-state index < -0.39 is 0 Å². The Labute approximate surface area is 126 Å². The molecule has 1 aromatic heterocycles. The van der Waals surface area contributed by atoms with Crippen LogP contribution in [0, 0.1) is 11.3 Å². The van der Waals surface area contributed by atoms with Gasteiger partial charge in [-0.1, -0.05) is 12.1 Å². The molecule has 0 aliphatic rings. The first kappa shape index (κ1) is 15.2. The van der Waals surface area contributed by atoms with Gasteiger partial charge in [-0.05, 0) is 29.8 Å². The van der Waals surface area contributed by atoms with Crippen molar-refractivity contribution in [3.63, 3.8) is 0 Å². The second-order valence-electron chi connectivity index (χ2n) is 4.23. The number of H-pyrrole nitrogens is 1. The average Bonchev–Trinajstić information content (AvgIpc) is 3.04. The lowest BCUT2D eigenvalue weighted by Gasteiger charge is -2.04. The van der Waals surface area contributed by atoms with Gasteiger partial charge in [0, 0.05) is 11.9 Å². The maximum Gasteiger partial charge on any atom is 0.310 e. The average molecular weight is 298 g/mol. The number of benzene rings is 1. The van der Waals surface area contributed by atoms with Gasteiger partial charge in [0.25, 0.3) is 0 Å². The number of carbonyl (C=O) groups is 1. The Morgan fingerprint density at radius 2 is 2.23 bits per heavy atom. The summed E-state index contributed by atoms with van der Waals surface area (Å²) in [6.45, 7) is 2.14. The molecule has 0 aliphatic carbocycles. The number of nitrogens with one attached hydrogen (secondary N) is 2. The van der Waals surface area contributed by atoms with Gasteiger partial charge in [0.15, 0.2) is 0 Å². The molecule has 8 heteroatoms. The maximum absolute atomic E-state index is 11.4. The van der Waals surface area contributed by atoms with Gasteiger partial charge in [-0.2, -0.15) is 10.5 Å². The number of nitrogens with zero attached hydrogens (tertiary/aromatic N) is 4. The molecule has 2 rings (SSSR count). The van der Waals surface area contributed by atoms with E-state index in [1.807, 2.05) is 18.2 Å². The lowest BCUT2D eigenvalue weighted by Crippen LogP contribution is -2.07. The second-order valence-corrected chi connectivity index (χ2v) is 4.23. The first-order valence-corrected chi connectivity index (χ1v) is 6.58. The van der Waals surface area contributed by atoms with Crippen molar-refractivity contribution in [2.75, 3.05) is 11.9 Å². The molecule has 8 nitrogen and oxygen atoms in total. The number of hydrogen-bond acceptors (Lipinski definition) is 7. The third-order valence-electron chi connectivity index (χ3n) is 2.70. The molecule has 2 aromatic rings. The first-order valence-electron chi connectivity index (χ1n) is 6.58. The van der Waals surface area contributed by atoms with Crippen LogP contribution in [0.2, 0.25) is 0 Å². The molecule has 0 atom stereocenters. The highest BCUT2D eigenvalue weighted by molar-refractivity contribution is 5.74. The van der Waals surface area contributed by atoms with E-state index in [-0.39, 0.29) is 23.8 Å². The molecule has 0 saturated heterocycles. The molecule has 0 amide bonds. The molecule has 0 radical (unpaired) electrons. The highest BCUT2D eigenvalue weighted by Gasteiger charge is 2.06. The van der Waals surface area contributed by atoms with Gasteiger partial charge < -0.3 is 10.1 Å². The number of ether oxygens (including phenoxy) is 1. The van der Waals surface area contributed by atoms with E-state index in [1.165, 1.54) is 6.20 Å². The van der Waals surface area contributed by atoms with Crippen LogP contribution < -0.4 is 5.32 Å². The molecular formula is C14H14N6O2. The van der Waals surface area contributed by atoms with Crippen LogP contribution in [0.25, 0.3) is 5.57 Å². The molecule has 22 heavy (non-hydrogen) atoms. The summed E-state index contributed by atoms with van der Waals surface area (Å²) in [6, 6.07) is 9.21. The number of nitriles is 1. The molecule has 1 aromatic carbocycles. The largest absolute Gasteiger partial charge is 0.466 e. The summed E-state index contributed by atoms with van der Waals surface area (Å²) in [5.41, 5.74) is 1.87. The Morgan fingerprint density at radius 3 is 2.82 bits per heavy atom. The van der Waals surface area contributed by atoms with E-state index in [0.29, 0.717) is 6.61 Å². The molecular weight excluding hydrogens is 284 g/mol. The summed E-state index contributed by atoms with van der Waals surface area (Å²) >= 11 is 0. The van der Waals surface area contributed by atoms with Crippen LogP contribution in [0.15, 0.2) is 30.5 Å². The Morgan fingerprint density at radius 1 is 1.45 bits per heavy atom. The van der Waals surface area contributed by atoms with Gasteiger partial charge in [-0.25, -0.2) is 0 Å². The zero-order valence-electron chi connectivity index (χ0n) is 11.9. The van der Waals surface area contributed by atoms with Crippen LogP contribution >= 0.6 is 0 Å². The number of esters is 1. The van der Waals surface area contributed by atoms with Crippen LogP contribution in [0.5, 0.6) is 0 Å². The molecule has 0 fully saturated rings. The molecule has 0 unspecified atom stereocenters. The number of aromatic amines is 1. The molecule has 0 saturated carbocycles. The number of aromatic nitrogens is 4. The van der Waals surface area contributed by atoms with E-state index in [2.05, 4.69) is 25.9 Å². The topological polar surface area (TPSA) is 117 Å². The van der Waals surface area contributed by atoms with Gasteiger partial charge in [0.2, 0.25) is 5.82 Å². The third-order valence-corrected chi connectivity index (χ3v) is 2.70. The van der Waals surface area contributed by atoms with Gasteiger partial charge in [-0.3, -0.25) is 4.79 Å². The first-order chi connectivity index (χ1) is 10.7. The van der Waals surface area contributed by atoms with Crippen LogP contribution in [0.3, 0.4) is 0 Å². The van der Waals surface area contributed by atoms with Crippen LogP contribution in [-0.2, 0) is 16.0 Å². The van der Waals surface area contributed by atoms with Crippen molar-refractivity contribution in [1.82, 2.24) is 20.6 Å². The van der Waals surface area contributed by atoms with Crippen molar-refractivity contribution in [2.24, 2.45) is 0 Å². The van der Waals surface area contributed by atoms with Crippen LogP contribution in [0.1, 0.15) is 18.3 Å². The fourth-order valence-corrected chi connectivity index (χ4v) is 1.68. The number of anilines is 1. The van der Waals surface area contributed by atoms with E-state index in [9.17, 15) is 4.79 Å².